The molecule has 0 saturated carbocycles. The quantitative estimate of drug-likeness (QED) is 0.420. The van der Waals surface area contributed by atoms with Crippen LogP contribution >= 0.6 is 0 Å². The summed E-state index contributed by atoms with van der Waals surface area (Å²) in [6, 6.07) is 18.1. The normalized spacial score (nSPS) is 10.8. The molecule has 0 aliphatic rings. The van der Waals surface area contributed by atoms with Crippen LogP contribution < -0.4 is 5.43 Å². The van der Waals surface area contributed by atoms with Crippen molar-refractivity contribution >= 4 is 18.1 Å². The average Bonchev–Trinajstić information content (AvgIpc) is 3.01. The van der Waals surface area contributed by atoms with Crippen LogP contribution in [0.25, 0.3) is 5.69 Å². The molecule has 3 rings (SSSR count). The van der Waals surface area contributed by atoms with Crippen LogP contribution in [0.4, 0.5) is 0 Å². The Kier molecular flexibility index (Phi) is 5.69. The first-order valence-corrected chi connectivity index (χ1v) is 8.77. The second kappa shape index (κ2) is 8.35. The van der Waals surface area contributed by atoms with Crippen molar-refractivity contribution in [2.75, 3.05) is 7.11 Å². The lowest BCUT2D eigenvalue weighted by atomic mass is 10.2. The molecule has 1 aromatic heterocycles. The molecule has 1 amide bonds. The maximum absolute atomic E-state index is 12.1. The lowest BCUT2D eigenvalue weighted by Gasteiger charge is -2.10. The number of hydrazone groups is 1. The smallest absolute Gasteiger partial charge is 0.337 e. The van der Waals surface area contributed by atoms with Gasteiger partial charge in [0.25, 0.3) is 5.91 Å². The minimum absolute atomic E-state index is 0.267. The number of carbonyl (C=O) groups is 2. The van der Waals surface area contributed by atoms with Crippen LogP contribution in [0.2, 0.25) is 0 Å². The van der Waals surface area contributed by atoms with Gasteiger partial charge in [0.1, 0.15) is 0 Å². The highest BCUT2D eigenvalue weighted by molar-refractivity contribution is 5.95. The third-order valence-corrected chi connectivity index (χ3v) is 4.40. The number of amides is 1. The monoisotopic (exact) mass is 375 g/mol. The van der Waals surface area contributed by atoms with Crippen LogP contribution in [0.15, 0.2) is 65.8 Å². The van der Waals surface area contributed by atoms with Crippen LogP contribution in [-0.4, -0.2) is 29.8 Å². The molecule has 6 nitrogen and oxygen atoms in total. The molecule has 142 valence electrons. The molecular weight excluding hydrogens is 354 g/mol. The molecule has 0 fully saturated rings. The Morgan fingerprint density at radius 1 is 1.00 bits per heavy atom. The van der Waals surface area contributed by atoms with Gasteiger partial charge < -0.3 is 9.30 Å². The van der Waals surface area contributed by atoms with Crippen molar-refractivity contribution in [1.29, 1.82) is 0 Å². The fourth-order valence-electron chi connectivity index (χ4n) is 3.02. The largest absolute Gasteiger partial charge is 0.465 e. The van der Waals surface area contributed by atoms with E-state index < -0.39 is 0 Å². The van der Waals surface area contributed by atoms with Gasteiger partial charge in [-0.1, -0.05) is 24.3 Å². The number of rotatable bonds is 5. The first-order chi connectivity index (χ1) is 13.5. The number of aryl methyl sites for hydroxylation is 1. The average molecular weight is 375 g/mol. The molecular formula is C22H21N3O3. The predicted molar refractivity (Wildman–Crippen MR) is 108 cm³/mol. The van der Waals surface area contributed by atoms with E-state index >= 15 is 0 Å². The summed E-state index contributed by atoms with van der Waals surface area (Å²) in [6.07, 6.45) is 1.61. The van der Waals surface area contributed by atoms with Crippen molar-refractivity contribution in [3.63, 3.8) is 0 Å². The van der Waals surface area contributed by atoms with E-state index in [9.17, 15) is 9.59 Å². The van der Waals surface area contributed by atoms with Crippen LogP contribution in [0, 0.1) is 13.8 Å². The maximum Gasteiger partial charge on any atom is 0.337 e. The number of esters is 1. The van der Waals surface area contributed by atoms with Crippen molar-refractivity contribution in [1.82, 2.24) is 9.99 Å². The van der Waals surface area contributed by atoms with Gasteiger partial charge in [0, 0.05) is 28.2 Å². The van der Waals surface area contributed by atoms with E-state index in [2.05, 4.69) is 10.5 Å². The fourth-order valence-corrected chi connectivity index (χ4v) is 3.02. The molecule has 0 aliphatic heterocycles. The maximum atomic E-state index is 12.1. The summed E-state index contributed by atoms with van der Waals surface area (Å²) in [6.45, 7) is 3.93. The van der Waals surface area contributed by atoms with E-state index in [1.807, 2.05) is 42.7 Å². The Bertz CT molecular complexity index is 1040. The van der Waals surface area contributed by atoms with Gasteiger partial charge in [-0.15, -0.1) is 0 Å². The molecule has 0 bridgehead atoms. The fraction of sp³-hybridized carbons (Fsp3) is 0.136. The second-order valence-corrected chi connectivity index (χ2v) is 6.27. The highest BCUT2D eigenvalue weighted by Gasteiger charge is 2.12. The number of carbonyl (C=O) groups excluding carboxylic acids is 2. The van der Waals surface area contributed by atoms with Crippen LogP contribution in [-0.2, 0) is 4.74 Å². The Labute approximate surface area is 163 Å². The lowest BCUT2D eigenvalue weighted by Crippen LogP contribution is -2.17. The van der Waals surface area contributed by atoms with Gasteiger partial charge in [0.15, 0.2) is 0 Å². The molecule has 3 aromatic rings. The van der Waals surface area contributed by atoms with Gasteiger partial charge in [-0.05, 0) is 50.2 Å². The number of ether oxygens (including phenoxy) is 1. The summed E-state index contributed by atoms with van der Waals surface area (Å²) in [5, 5.41) is 4.07. The Balaban J connectivity index is 1.82. The third-order valence-electron chi connectivity index (χ3n) is 4.40. The zero-order valence-electron chi connectivity index (χ0n) is 16.0. The van der Waals surface area contributed by atoms with Crippen molar-refractivity contribution in [3.05, 3.63) is 88.7 Å². The van der Waals surface area contributed by atoms with Gasteiger partial charge in [0.2, 0.25) is 0 Å². The number of aromatic nitrogens is 1. The molecule has 0 atom stereocenters. The van der Waals surface area contributed by atoms with Crippen molar-refractivity contribution < 1.29 is 14.3 Å². The highest BCUT2D eigenvalue weighted by atomic mass is 16.5. The van der Waals surface area contributed by atoms with E-state index in [0.717, 1.165) is 22.6 Å². The summed E-state index contributed by atoms with van der Waals surface area (Å²) in [4.78, 5) is 23.9. The van der Waals surface area contributed by atoms with Gasteiger partial charge >= 0.3 is 5.97 Å². The Hall–Kier alpha value is -3.67. The van der Waals surface area contributed by atoms with Gasteiger partial charge in [-0.25, -0.2) is 10.2 Å². The molecule has 1 heterocycles. The summed E-state index contributed by atoms with van der Waals surface area (Å²) in [5.74, 6) is -0.647. The molecule has 0 saturated heterocycles. The number of hydrogen-bond donors (Lipinski definition) is 1. The van der Waals surface area contributed by atoms with Crippen molar-refractivity contribution in [3.8, 4) is 5.69 Å². The first kappa shape index (κ1) is 19.1. The van der Waals surface area contributed by atoms with E-state index in [-0.39, 0.29) is 11.9 Å². The summed E-state index contributed by atoms with van der Waals surface area (Å²) in [5.41, 5.74) is 7.21. The number of nitrogens with zero attached hydrogens (tertiary/aromatic N) is 2. The Morgan fingerprint density at radius 3 is 2.43 bits per heavy atom. The first-order valence-electron chi connectivity index (χ1n) is 8.77. The molecule has 0 spiro atoms. The minimum Gasteiger partial charge on any atom is -0.465 e. The zero-order valence-corrected chi connectivity index (χ0v) is 16.0. The van der Waals surface area contributed by atoms with Gasteiger partial charge in [-0.2, -0.15) is 5.10 Å². The van der Waals surface area contributed by atoms with Gasteiger partial charge in [0.05, 0.1) is 18.9 Å². The van der Waals surface area contributed by atoms with Crippen LogP contribution in [0.1, 0.15) is 37.7 Å². The topological polar surface area (TPSA) is 72.7 Å². The lowest BCUT2D eigenvalue weighted by molar-refractivity contribution is 0.0600. The van der Waals surface area contributed by atoms with Crippen molar-refractivity contribution in [2.24, 2.45) is 5.10 Å². The molecule has 0 aliphatic carbocycles. The Morgan fingerprint density at radius 2 is 1.71 bits per heavy atom. The van der Waals surface area contributed by atoms with Gasteiger partial charge in [-0.3, -0.25) is 4.79 Å². The van der Waals surface area contributed by atoms with E-state index in [0.29, 0.717) is 11.1 Å². The molecule has 1 N–H and O–H groups in total. The van der Waals surface area contributed by atoms with Crippen molar-refractivity contribution in [2.45, 2.75) is 13.8 Å². The molecule has 0 radical (unpaired) electrons. The van der Waals surface area contributed by atoms with Crippen LogP contribution in [0.5, 0.6) is 0 Å². The SMILES string of the molecule is COC(=O)c1cccc(-n2c(C)cc(/C=N/NC(=O)c3ccccc3)c2C)c1. The number of benzene rings is 2. The van der Waals surface area contributed by atoms with Crippen LogP contribution in [0.3, 0.4) is 0 Å². The van der Waals surface area contributed by atoms with E-state index in [1.54, 1.807) is 42.6 Å². The molecule has 28 heavy (non-hydrogen) atoms. The molecule has 6 heteroatoms. The summed E-state index contributed by atoms with van der Waals surface area (Å²) in [7, 11) is 1.36. The zero-order chi connectivity index (χ0) is 20.1. The number of nitrogens with one attached hydrogen (secondary N) is 1. The van der Waals surface area contributed by atoms with E-state index in [4.69, 9.17) is 4.74 Å². The molecule has 2 aromatic carbocycles. The predicted octanol–water partition coefficient (Wildman–Crippen LogP) is 3.64. The second-order valence-electron chi connectivity index (χ2n) is 6.27. The highest BCUT2D eigenvalue weighted by Crippen LogP contribution is 2.21. The minimum atomic E-state index is -0.380. The third kappa shape index (κ3) is 4.01. The standard InChI is InChI=1S/C22H21N3O3/c1-15-12-19(14-23-24-21(26)17-8-5-4-6-9-17)16(2)25(15)20-11-7-10-18(13-20)22(27)28-3/h4-14H,1-3H3,(H,24,26)/b23-14+. The number of hydrogen-bond acceptors (Lipinski definition) is 4. The summed E-state index contributed by atoms with van der Waals surface area (Å²) < 4.78 is 6.82. The summed E-state index contributed by atoms with van der Waals surface area (Å²) >= 11 is 0. The number of methoxy groups -OCH3 is 1. The van der Waals surface area contributed by atoms with E-state index in [1.165, 1.54) is 7.11 Å². The molecule has 0 unspecified atom stereocenters.